The second-order valence-corrected chi connectivity index (χ2v) is 3.65. The Kier molecular flexibility index (Phi) is 2.06. The van der Waals surface area contributed by atoms with Crippen LogP contribution in [0.4, 0.5) is 0 Å². The number of carbonyl (C=O) groups excluding carboxylic acids is 1. The van der Waals surface area contributed by atoms with Gasteiger partial charge in [0, 0.05) is 11.6 Å². The quantitative estimate of drug-likeness (QED) is 0.744. The van der Waals surface area contributed by atoms with Crippen LogP contribution in [-0.4, -0.2) is 18.1 Å². The van der Waals surface area contributed by atoms with Crippen LogP contribution in [0.3, 0.4) is 0 Å². The highest BCUT2D eigenvalue weighted by Crippen LogP contribution is 2.23. The summed E-state index contributed by atoms with van der Waals surface area (Å²) in [6, 6.07) is 2.01. The molecule has 0 saturated carbocycles. The zero-order chi connectivity index (χ0) is 9.26. The van der Waals surface area contributed by atoms with E-state index in [4.69, 9.17) is 0 Å². The normalized spacial score (nSPS) is 10.5. The molecule has 2 heterocycles. The van der Waals surface area contributed by atoms with Crippen molar-refractivity contribution in [2.45, 2.75) is 6.42 Å². The lowest BCUT2D eigenvalue weighted by atomic mass is 10.2. The molecule has 2 rings (SSSR count). The molecule has 68 valence electrons. The molecule has 0 fully saturated rings. The summed E-state index contributed by atoms with van der Waals surface area (Å²) in [5, 5.41) is 3.12. The third kappa shape index (κ3) is 1.45. The summed E-state index contributed by atoms with van der Waals surface area (Å²) in [6.45, 7) is 0. The molecule has 0 bridgehead atoms. The predicted molar refractivity (Wildman–Crippen MR) is 51.9 cm³/mol. The van der Waals surface area contributed by atoms with Gasteiger partial charge in [0.05, 0.1) is 18.4 Å². The SMILES string of the molecule is COC(=O)Cc1c[nH]c2sccc12. The van der Waals surface area contributed by atoms with Gasteiger partial charge in [0.25, 0.3) is 0 Å². The first-order chi connectivity index (χ1) is 6.31. The molecule has 0 saturated heterocycles. The van der Waals surface area contributed by atoms with Crippen LogP contribution in [0, 0.1) is 0 Å². The first-order valence-corrected chi connectivity index (χ1v) is 4.79. The Morgan fingerprint density at radius 2 is 2.54 bits per heavy atom. The van der Waals surface area contributed by atoms with Gasteiger partial charge in [0.15, 0.2) is 0 Å². The van der Waals surface area contributed by atoms with Crippen LogP contribution < -0.4 is 0 Å². The number of ether oxygens (including phenoxy) is 1. The first-order valence-electron chi connectivity index (χ1n) is 3.91. The van der Waals surface area contributed by atoms with Gasteiger partial charge in [-0.05, 0) is 17.0 Å². The maximum atomic E-state index is 11.0. The van der Waals surface area contributed by atoms with E-state index in [9.17, 15) is 4.79 Å². The molecule has 0 aromatic carbocycles. The minimum atomic E-state index is -0.202. The highest BCUT2D eigenvalue weighted by molar-refractivity contribution is 7.16. The number of aromatic nitrogens is 1. The van der Waals surface area contributed by atoms with E-state index in [0.29, 0.717) is 6.42 Å². The summed E-state index contributed by atoms with van der Waals surface area (Å²) in [6.07, 6.45) is 2.20. The number of esters is 1. The molecule has 0 radical (unpaired) electrons. The second kappa shape index (κ2) is 3.22. The number of hydrogen-bond acceptors (Lipinski definition) is 3. The Bertz CT molecular complexity index is 429. The number of carbonyl (C=O) groups is 1. The van der Waals surface area contributed by atoms with Gasteiger partial charge in [-0.25, -0.2) is 0 Å². The molecule has 2 aromatic heterocycles. The van der Waals surface area contributed by atoms with E-state index >= 15 is 0 Å². The van der Waals surface area contributed by atoms with Crippen molar-refractivity contribution in [1.82, 2.24) is 4.98 Å². The lowest BCUT2D eigenvalue weighted by Gasteiger charge is -1.95. The average molecular weight is 195 g/mol. The molecule has 4 heteroatoms. The Morgan fingerprint density at radius 3 is 3.31 bits per heavy atom. The average Bonchev–Trinajstić information content (AvgIpc) is 2.69. The number of aromatic amines is 1. The van der Waals surface area contributed by atoms with Gasteiger partial charge in [0.2, 0.25) is 0 Å². The predicted octanol–water partition coefficient (Wildman–Crippen LogP) is 1.94. The van der Waals surface area contributed by atoms with Crippen molar-refractivity contribution in [3.63, 3.8) is 0 Å². The van der Waals surface area contributed by atoms with Gasteiger partial charge < -0.3 is 9.72 Å². The summed E-state index contributed by atoms with van der Waals surface area (Å²) < 4.78 is 4.60. The third-order valence-electron chi connectivity index (χ3n) is 1.95. The highest BCUT2D eigenvalue weighted by atomic mass is 32.1. The molecule has 2 aromatic rings. The van der Waals surface area contributed by atoms with E-state index in [1.54, 1.807) is 11.3 Å². The van der Waals surface area contributed by atoms with E-state index in [-0.39, 0.29) is 5.97 Å². The maximum absolute atomic E-state index is 11.0. The number of rotatable bonds is 2. The number of nitrogens with one attached hydrogen (secondary N) is 1. The van der Waals surface area contributed by atoms with E-state index in [0.717, 1.165) is 15.8 Å². The van der Waals surface area contributed by atoms with Crippen LogP contribution in [0.25, 0.3) is 10.2 Å². The Labute approximate surface area is 79.3 Å². The fourth-order valence-corrected chi connectivity index (χ4v) is 2.07. The molecule has 0 aliphatic rings. The van der Waals surface area contributed by atoms with Gasteiger partial charge in [-0.2, -0.15) is 0 Å². The third-order valence-corrected chi connectivity index (χ3v) is 2.80. The summed E-state index contributed by atoms with van der Waals surface area (Å²) in [4.78, 5) is 15.2. The Balaban J connectivity index is 2.33. The largest absolute Gasteiger partial charge is 0.469 e. The summed E-state index contributed by atoms with van der Waals surface area (Å²) in [7, 11) is 1.40. The molecule has 0 amide bonds. The van der Waals surface area contributed by atoms with Crippen LogP contribution in [0.5, 0.6) is 0 Å². The molecule has 3 nitrogen and oxygen atoms in total. The van der Waals surface area contributed by atoms with Crippen LogP contribution in [0.2, 0.25) is 0 Å². The monoisotopic (exact) mass is 195 g/mol. The topological polar surface area (TPSA) is 42.1 Å². The summed E-state index contributed by atoms with van der Waals surface area (Å²) in [5.41, 5.74) is 1.00. The van der Waals surface area contributed by atoms with Crippen molar-refractivity contribution >= 4 is 27.5 Å². The maximum Gasteiger partial charge on any atom is 0.310 e. The van der Waals surface area contributed by atoms with Crippen LogP contribution in [-0.2, 0) is 16.0 Å². The van der Waals surface area contributed by atoms with Crippen LogP contribution in [0.1, 0.15) is 5.56 Å². The van der Waals surface area contributed by atoms with E-state index < -0.39 is 0 Å². The standard InChI is InChI=1S/C9H9NO2S/c1-12-8(11)4-6-5-10-9-7(6)2-3-13-9/h2-3,5,10H,4H2,1H3. The fraction of sp³-hybridized carbons (Fsp3) is 0.222. The minimum absolute atomic E-state index is 0.202. The van der Waals surface area contributed by atoms with Crippen molar-refractivity contribution in [3.8, 4) is 0 Å². The van der Waals surface area contributed by atoms with Gasteiger partial charge in [-0.1, -0.05) is 0 Å². The van der Waals surface area contributed by atoms with Gasteiger partial charge in [-0.3, -0.25) is 4.79 Å². The number of H-pyrrole nitrogens is 1. The Morgan fingerprint density at radius 1 is 1.69 bits per heavy atom. The zero-order valence-corrected chi connectivity index (χ0v) is 7.98. The minimum Gasteiger partial charge on any atom is -0.469 e. The first kappa shape index (κ1) is 8.31. The van der Waals surface area contributed by atoms with Gasteiger partial charge >= 0.3 is 5.97 Å². The number of methoxy groups -OCH3 is 1. The van der Waals surface area contributed by atoms with Gasteiger partial charge in [-0.15, -0.1) is 11.3 Å². The zero-order valence-electron chi connectivity index (χ0n) is 7.16. The lowest BCUT2D eigenvalue weighted by molar-refractivity contribution is -0.139. The highest BCUT2D eigenvalue weighted by Gasteiger charge is 2.08. The summed E-state index contributed by atoms with van der Waals surface area (Å²) in [5.74, 6) is -0.202. The number of thiophene rings is 1. The second-order valence-electron chi connectivity index (χ2n) is 2.73. The molecule has 0 aliphatic carbocycles. The van der Waals surface area contributed by atoms with E-state index in [2.05, 4.69) is 9.72 Å². The van der Waals surface area contributed by atoms with E-state index in [1.165, 1.54) is 7.11 Å². The van der Waals surface area contributed by atoms with Crippen molar-refractivity contribution < 1.29 is 9.53 Å². The van der Waals surface area contributed by atoms with Crippen molar-refractivity contribution in [2.75, 3.05) is 7.11 Å². The van der Waals surface area contributed by atoms with Gasteiger partial charge in [0.1, 0.15) is 0 Å². The Hall–Kier alpha value is -1.29. The number of fused-ring (bicyclic) bond motifs is 1. The molecular formula is C9H9NO2S. The smallest absolute Gasteiger partial charge is 0.310 e. The molecule has 1 N–H and O–H groups in total. The molecule has 0 unspecified atom stereocenters. The van der Waals surface area contributed by atoms with Crippen molar-refractivity contribution in [2.24, 2.45) is 0 Å². The molecule has 13 heavy (non-hydrogen) atoms. The molecule has 0 spiro atoms. The summed E-state index contributed by atoms with van der Waals surface area (Å²) >= 11 is 1.64. The number of hydrogen-bond donors (Lipinski definition) is 1. The van der Waals surface area contributed by atoms with Crippen molar-refractivity contribution in [1.29, 1.82) is 0 Å². The van der Waals surface area contributed by atoms with Crippen molar-refractivity contribution in [3.05, 3.63) is 23.2 Å². The lowest BCUT2D eigenvalue weighted by Crippen LogP contribution is -2.03. The molecule has 0 atom stereocenters. The van der Waals surface area contributed by atoms with Crippen LogP contribution >= 0.6 is 11.3 Å². The fourth-order valence-electron chi connectivity index (χ4n) is 1.28. The molecule has 0 aliphatic heterocycles. The molecular weight excluding hydrogens is 186 g/mol. The van der Waals surface area contributed by atoms with E-state index in [1.807, 2.05) is 17.6 Å². The van der Waals surface area contributed by atoms with Crippen LogP contribution in [0.15, 0.2) is 17.6 Å².